The fraction of sp³-hybridized carbons (Fsp3) is 1.00. The van der Waals surface area contributed by atoms with Gasteiger partial charge in [0, 0.05) is 0 Å². The zero-order valence-electron chi connectivity index (χ0n) is 20.2. The maximum Gasteiger partial charge on any atom is 0.135 e. The number of unbranched alkanes of at least 4 members (excludes halogenated alkanes) is 6. The van der Waals surface area contributed by atoms with Gasteiger partial charge in [-0.05, 0) is 36.3 Å². The number of rotatable bonds is 20. The van der Waals surface area contributed by atoms with Crippen LogP contribution in [0.4, 0.5) is 0 Å². The highest BCUT2D eigenvalue weighted by Crippen LogP contribution is 2.35. The molecule has 0 N–H and O–H groups in total. The van der Waals surface area contributed by atoms with Crippen molar-refractivity contribution in [3.63, 3.8) is 0 Å². The van der Waals surface area contributed by atoms with Crippen LogP contribution < -0.4 is 4.65 Å². The molecule has 1 radical (unpaired) electrons. The fourth-order valence-electron chi connectivity index (χ4n) is 4.62. The van der Waals surface area contributed by atoms with Crippen molar-refractivity contribution >= 4 is 16.5 Å². The summed E-state index contributed by atoms with van der Waals surface area (Å²) < 4.78 is 6.24. The second-order valence-corrected chi connectivity index (χ2v) is 18.0. The van der Waals surface area contributed by atoms with Gasteiger partial charge in [-0.25, -0.2) is 0 Å². The monoisotopic (exact) mass is 412 g/mol. The van der Waals surface area contributed by atoms with E-state index in [4.69, 9.17) is 4.65 Å². The van der Waals surface area contributed by atoms with Crippen molar-refractivity contribution in [3.05, 3.63) is 0 Å². The lowest BCUT2D eigenvalue weighted by Crippen LogP contribution is -2.59. The summed E-state index contributed by atoms with van der Waals surface area (Å²) in [5, 5.41) is 0. The van der Waals surface area contributed by atoms with E-state index in [0.29, 0.717) is 0 Å². The Bertz CT molecular complexity index is 246. The Balaban J connectivity index is 5.66. The van der Waals surface area contributed by atoms with Crippen LogP contribution in [0.1, 0.15) is 119 Å². The molecule has 0 aromatic heterocycles. The van der Waals surface area contributed by atoms with Crippen molar-refractivity contribution in [2.45, 2.75) is 155 Å². The Morgan fingerprint density at radius 2 is 0.556 bits per heavy atom. The molecule has 0 saturated carbocycles. The highest BCUT2D eigenvalue weighted by molar-refractivity contribution is 6.93. The molecule has 0 amide bonds. The molecular weight excluding hydrogens is 358 g/mol. The lowest BCUT2D eigenvalue weighted by Gasteiger charge is -2.43. The van der Waals surface area contributed by atoms with Gasteiger partial charge in [0.2, 0.25) is 0 Å². The molecule has 3 heteroatoms. The lowest BCUT2D eigenvalue weighted by molar-refractivity contribution is 0.751. The van der Waals surface area contributed by atoms with E-state index in [9.17, 15) is 0 Å². The van der Waals surface area contributed by atoms with Gasteiger partial charge in [0.15, 0.2) is 0 Å². The minimum Gasteiger partial charge on any atom is -0.294 e. The summed E-state index contributed by atoms with van der Waals surface area (Å²) >= 11 is 0. The van der Waals surface area contributed by atoms with Crippen LogP contribution in [0.15, 0.2) is 0 Å². The molecule has 0 atom stereocenters. The summed E-state index contributed by atoms with van der Waals surface area (Å²) in [5.74, 6) is 0. The molecule has 0 fully saturated rings. The van der Waals surface area contributed by atoms with E-state index >= 15 is 0 Å². The van der Waals surface area contributed by atoms with Gasteiger partial charge < -0.3 is 0 Å². The molecule has 0 aliphatic heterocycles. The highest BCUT2D eigenvalue weighted by Gasteiger charge is 2.42. The van der Waals surface area contributed by atoms with Gasteiger partial charge in [-0.2, -0.15) is 0 Å². The molecule has 0 unspecified atom stereocenters. The van der Waals surface area contributed by atoms with Crippen LogP contribution in [0.2, 0.25) is 36.3 Å². The van der Waals surface area contributed by atoms with Crippen molar-refractivity contribution in [1.82, 2.24) is 4.65 Å². The van der Waals surface area contributed by atoms with Crippen LogP contribution in [0.3, 0.4) is 0 Å². The molecule has 0 heterocycles. The van der Waals surface area contributed by atoms with Crippen LogP contribution in [0.5, 0.6) is 0 Å². The number of hydrogen-bond acceptors (Lipinski definition) is 0. The molecule has 0 spiro atoms. The maximum atomic E-state index is 6.24. The zero-order chi connectivity index (χ0) is 20.4. The molecule has 0 saturated heterocycles. The third kappa shape index (κ3) is 11.9. The topological polar surface area (TPSA) is 14.1 Å². The average Bonchev–Trinajstić information content (AvgIpc) is 2.70. The van der Waals surface area contributed by atoms with Gasteiger partial charge in [0.05, 0.1) is 0 Å². The first kappa shape index (κ1) is 27.4. The average molecular weight is 413 g/mol. The Morgan fingerprint density at radius 3 is 0.704 bits per heavy atom. The second kappa shape index (κ2) is 17.3. The predicted molar refractivity (Wildman–Crippen MR) is 132 cm³/mol. The van der Waals surface area contributed by atoms with E-state index in [2.05, 4.69) is 41.5 Å². The molecule has 0 aromatic rings. The Labute approximate surface area is 176 Å². The van der Waals surface area contributed by atoms with Gasteiger partial charge in [0.1, 0.15) is 16.5 Å². The van der Waals surface area contributed by atoms with Gasteiger partial charge >= 0.3 is 0 Å². The molecular formula is C24H54NSi2. The molecule has 163 valence electrons. The van der Waals surface area contributed by atoms with Crippen molar-refractivity contribution in [3.8, 4) is 0 Å². The summed E-state index contributed by atoms with van der Waals surface area (Å²) in [5.41, 5.74) is 0. The zero-order valence-corrected chi connectivity index (χ0v) is 22.2. The summed E-state index contributed by atoms with van der Waals surface area (Å²) in [6.45, 7) is 14.3. The molecule has 27 heavy (non-hydrogen) atoms. The van der Waals surface area contributed by atoms with Crippen LogP contribution in [-0.2, 0) is 0 Å². The normalized spacial score (nSPS) is 12.7. The van der Waals surface area contributed by atoms with Crippen molar-refractivity contribution < 1.29 is 0 Å². The van der Waals surface area contributed by atoms with Gasteiger partial charge in [-0.3, -0.25) is 4.65 Å². The van der Waals surface area contributed by atoms with E-state index < -0.39 is 16.5 Å². The van der Waals surface area contributed by atoms with E-state index in [1.165, 1.54) is 113 Å². The Hall–Kier alpha value is 0.394. The standard InChI is InChI=1S/C24H54NSi2/c1-7-13-19-26(20-14-8-2,21-15-9-3)25-27(22-16-10-4,23-17-11-5)24-18-12-6/h7-24H2,1-6H3. The number of hydrogen-bond donors (Lipinski definition) is 0. The molecule has 0 aliphatic rings. The van der Waals surface area contributed by atoms with Crippen LogP contribution in [-0.4, -0.2) is 16.5 Å². The third-order valence-electron chi connectivity index (χ3n) is 6.45. The van der Waals surface area contributed by atoms with E-state index in [-0.39, 0.29) is 0 Å². The largest absolute Gasteiger partial charge is 0.294 e. The highest BCUT2D eigenvalue weighted by atomic mass is 28.4. The van der Waals surface area contributed by atoms with Crippen LogP contribution in [0.25, 0.3) is 0 Å². The van der Waals surface area contributed by atoms with E-state index in [1.807, 2.05) is 0 Å². The predicted octanol–water partition coefficient (Wildman–Crippen LogP) is 9.28. The Morgan fingerprint density at radius 1 is 0.370 bits per heavy atom. The quantitative estimate of drug-likeness (QED) is 0.177. The summed E-state index contributed by atoms with van der Waals surface area (Å²) in [6, 6.07) is 9.02. The van der Waals surface area contributed by atoms with Gasteiger partial charge in [0.25, 0.3) is 0 Å². The van der Waals surface area contributed by atoms with Crippen LogP contribution >= 0.6 is 0 Å². The SMILES string of the molecule is CCCC[Si](CCCC)(CCCC)[N][Si](CCCC)(CCCC)CCCC. The number of nitrogens with zero attached hydrogens (tertiary/aromatic N) is 1. The first-order valence-electron chi connectivity index (χ1n) is 12.8. The summed E-state index contributed by atoms with van der Waals surface area (Å²) in [6.07, 6.45) is 16.7. The fourth-order valence-corrected chi connectivity index (χ4v) is 18.9. The van der Waals surface area contributed by atoms with Gasteiger partial charge in [-0.15, -0.1) is 0 Å². The van der Waals surface area contributed by atoms with Gasteiger partial charge in [-0.1, -0.05) is 119 Å². The smallest absolute Gasteiger partial charge is 0.135 e. The second-order valence-electron chi connectivity index (χ2n) is 9.18. The van der Waals surface area contributed by atoms with Crippen molar-refractivity contribution in [2.24, 2.45) is 0 Å². The van der Waals surface area contributed by atoms with Crippen LogP contribution in [0, 0.1) is 0 Å². The van der Waals surface area contributed by atoms with Crippen molar-refractivity contribution in [2.75, 3.05) is 0 Å². The lowest BCUT2D eigenvalue weighted by atomic mass is 10.4. The first-order chi connectivity index (χ1) is 13.1. The molecule has 0 rings (SSSR count). The minimum absolute atomic E-state index is 1.36. The third-order valence-corrected chi connectivity index (χ3v) is 17.9. The maximum absolute atomic E-state index is 6.24. The van der Waals surface area contributed by atoms with E-state index in [0.717, 1.165) is 0 Å². The minimum atomic E-state index is -1.46. The molecule has 0 bridgehead atoms. The Kier molecular flexibility index (Phi) is 17.5. The molecule has 1 nitrogen and oxygen atoms in total. The van der Waals surface area contributed by atoms with E-state index in [1.54, 1.807) is 0 Å². The first-order valence-corrected chi connectivity index (χ1v) is 17.9. The summed E-state index contributed by atoms with van der Waals surface area (Å²) in [7, 11) is -2.91. The molecule has 0 aromatic carbocycles. The van der Waals surface area contributed by atoms with Crippen molar-refractivity contribution in [1.29, 1.82) is 0 Å². The molecule has 0 aliphatic carbocycles. The summed E-state index contributed by atoms with van der Waals surface area (Å²) in [4.78, 5) is 0.